The largest absolute Gasteiger partial charge is 0.490 e. The Morgan fingerprint density at radius 3 is 2.50 bits per heavy atom. The number of hydrogen-bond acceptors (Lipinski definition) is 2. The number of aliphatic hydroxyl groups is 1. The quantitative estimate of drug-likeness (QED) is 0.778. The second kappa shape index (κ2) is 3.62. The highest BCUT2D eigenvalue weighted by Gasteiger charge is 2.28. The first-order chi connectivity index (χ1) is 6.65. The van der Waals surface area contributed by atoms with Crippen LogP contribution < -0.4 is 4.74 Å². The molecule has 1 aliphatic rings. The van der Waals surface area contributed by atoms with Crippen LogP contribution in [0.2, 0.25) is 0 Å². The van der Waals surface area contributed by atoms with E-state index >= 15 is 0 Å². The molecule has 2 rings (SSSR count). The van der Waals surface area contributed by atoms with Gasteiger partial charge in [-0.1, -0.05) is 6.07 Å². The molecule has 0 atom stereocenters. The third kappa shape index (κ3) is 1.90. The predicted octanol–water partition coefficient (Wildman–Crippen LogP) is 2.21. The van der Waals surface area contributed by atoms with E-state index < -0.39 is 0 Å². The molecule has 0 radical (unpaired) electrons. The molecule has 2 heteroatoms. The fourth-order valence-electron chi connectivity index (χ4n) is 1.61. The van der Waals surface area contributed by atoms with Crippen molar-refractivity contribution in [2.24, 2.45) is 0 Å². The predicted molar refractivity (Wildman–Crippen MR) is 55.6 cm³/mol. The van der Waals surface area contributed by atoms with E-state index in [1.54, 1.807) is 0 Å². The lowest BCUT2D eigenvalue weighted by Crippen LogP contribution is -2.37. The summed E-state index contributed by atoms with van der Waals surface area (Å²) in [6.07, 6.45) is 1.61. The Kier molecular flexibility index (Phi) is 2.46. The summed E-state index contributed by atoms with van der Waals surface area (Å²) in [7, 11) is 0. The zero-order valence-corrected chi connectivity index (χ0v) is 8.66. The fraction of sp³-hybridized carbons (Fsp3) is 0.500. The average molecular weight is 192 g/mol. The van der Waals surface area contributed by atoms with Gasteiger partial charge in [0, 0.05) is 12.8 Å². The van der Waals surface area contributed by atoms with E-state index in [1.165, 1.54) is 11.1 Å². The van der Waals surface area contributed by atoms with Gasteiger partial charge in [0.2, 0.25) is 0 Å². The monoisotopic (exact) mass is 192 g/mol. The van der Waals surface area contributed by atoms with Crippen LogP contribution in [-0.4, -0.2) is 17.3 Å². The normalized spacial score (nSPS) is 25.6. The number of ether oxygens (including phenoxy) is 1. The van der Waals surface area contributed by atoms with Crippen molar-refractivity contribution in [2.45, 2.75) is 38.9 Å². The lowest BCUT2D eigenvalue weighted by atomic mass is 9.92. The van der Waals surface area contributed by atoms with Crippen molar-refractivity contribution in [2.75, 3.05) is 0 Å². The van der Waals surface area contributed by atoms with Gasteiger partial charge in [0.1, 0.15) is 11.9 Å². The first-order valence-corrected chi connectivity index (χ1v) is 5.07. The number of benzene rings is 1. The van der Waals surface area contributed by atoms with Crippen LogP contribution in [0.5, 0.6) is 5.75 Å². The maximum absolute atomic E-state index is 9.12. The highest BCUT2D eigenvalue weighted by Crippen LogP contribution is 2.26. The molecule has 0 aromatic heterocycles. The van der Waals surface area contributed by atoms with Gasteiger partial charge in [-0.25, -0.2) is 0 Å². The molecule has 0 spiro atoms. The maximum atomic E-state index is 9.12. The Balaban J connectivity index is 2.00. The molecule has 1 aromatic rings. The van der Waals surface area contributed by atoms with Gasteiger partial charge in [0.15, 0.2) is 0 Å². The van der Waals surface area contributed by atoms with Crippen LogP contribution in [0.15, 0.2) is 18.2 Å². The van der Waals surface area contributed by atoms with Gasteiger partial charge in [-0.05, 0) is 37.1 Å². The molecule has 14 heavy (non-hydrogen) atoms. The summed E-state index contributed by atoms with van der Waals surface area (Å²) < 4.78 is 5.70. The van der Waals surface area contributed by atoms with Crippen molar-refractivity contribution in [1.29, 1.82) is 0 Å². The van der Waals surface area contributed by atoms with E-state index in [2.05, 4.69) is 26.0 Å². The Bertz CT molecular complexity index is 327. The molecular formula is C12H16O2. The Hall–Kier alpha value is -1.02. The molecule has 0 heterocycles. The van der Waals surface area contributed by atoms with E-state index in [-0.39, 0.29) is 12.2 Å². The SMILES string of the molecule is Cc1ccc(OC2CC(O)C2)cc1C. The molecule has 1 saturated carbocycles. The molecule has 76 valence electrons. The van der Waals surface area contributed by atoms with E-state index in [1.807, 2.05) is 6.07 Å². The molecule has 0 bridgehead atoms. The van der Waals surface area contributed by atoms with Crippen molar-refractivity contribution >= 4 is 0 Å². The summed E-state index contributed by atoms with van der Waals surface area (Å²) in [5.74, 6) is 0.921. The van der Waals surface area contributed by atoms with Gasteiger partial charge in [0.05, 0.1) is 6.10 Å². The summed E-state index contributed by atoms with van der Waals surface area (Å²) >= 11 is 0. The minimum absolute atomic E-state index is 0.147. The van der Waals surface area contributed by atoms with Crippen molar-refractivity contribution < 1.29 is 9.84 Å². The molecule has 0 amide bonds. The first-order valence-electron chi connectivity index (χ1n) is 5.07. The summed E-state index contributed by atoms with van der Waals surface area (Å²) in [6, 6.07) is 6.12. The molecule has 1 fully saturated rings. The van der Waals surface area contributed by atoms with Crippen molar-refractivity contribution in [3.8, 4) is 5.75 Å². The molecular weight excluding hydrogens is 176 g/mol. The zero-order chi connectivity index (χ0) is 10.1. The van der Waals surface area contributed by atoms with E-state index in [9.17, 15) is 0 Å². The maximum Gasteiger partial charge on any atom is 0.120 e. The summed E-state index contributed by atoms with van der Waals surface area (Å²) in [4.78, 5) is 0. The van der Waals surface area contributed by atoms with Gasteiger partial charge in [-0.2, -0.15) is 0 Å². The van der Waals surface area contributed by atoms with Gasteiger partial charge in [-0.3, -0.25) is 0 Å². The zero-order valence-electron chi connectivity index (χ0n) is 8.66. The minimum atomic E-state index is -0.147. The fourth-order valence-corrected chi connectivity index (χ4v) is 1.61. The average Bonchev–Trinajstić information content (AvgIpc) is 2.09. The smallest absolute Gasteiger partial charge is 0.120 e. The van der Waals surface area contributed by atoms with Crippen LogP contribution in [0, 0.1) is 13.8 Å². The lowest BCUT2D eigenvalue weighted by molar-refractivity contribution is -0.0108. The summed E-state index contributed by atoms with van der Waals surface area (Å²) in [5, 5.41) is 9.12. The number of rotatable bonds is 2. The van der Waals surface area contributed by atoms with Crippen LogP contribution in [0.1, 0.15) is 24.0 Å². The first kappa shape index (κ1) is 9.53. The van der Waals surface area contributed by atoms with E-state index in [4.69, 9.17) is 9.84 Å². The second-order valence-corrected chi connectivity index (χ2v) is 4.11. The minimum Gasteiger partial charge on any atom is -0.490 e. The van der Waals surface area contributed by atoms with Crippen LogP contribution in [0.3, 0.4) is 0 Å². The van der Waals surface area contributed by atoms with Crippen LogP contribution in [-0.2, 0) is 0 Å². The third-order valence-electron chi connectivity index (χ3n) is 2.85. The summed E-state index contributed by atoms with van der Waals surface area (Å²) in [5.41, 5.74) is 2.54. The number of aliphatic hydroxyl groups excluding tert-OH is 1. The molecule has 1 N–H and O–H groups in total. The number of aryl methyl sites for hydroxylation is 2. The van der Waals surface area contributed by atoms with Gasteiger partial charge in [0.25, 0.3) is 0 Å². The molecule has 2 nitrogen and oxygen atoms in total. The second-order valence-electron chi connectivity index (χ2n) is 4.11. The Morgan fingerprint density at radius 2 is 1.93 bits per heavy atom. The van der Waals surface area contributed by atoms with Crippen molar-refractivity contribution in [1.82, 2.24) is 0 Å². The Morgan fingerprint density at radius 1 is 1.21 bits per heavy atom. The molecule has 1 aromatic carbocycles. The molecule has 1 aliphatic carbocycles. The lowest BCUT2D eigenvalue weighted by Gasteiger charge is -2.31. The van der Waals surface area contributed by atoms with Crippen LogP contribution in [0.25, 0.3) is 0 Å². The van der Waals surface area contributed by atoms with Crippen molar-refractivity contribution in [3.05, 3.63) is 29.3 Å². The molecule has 0 unspecified atom stereocenters. The topological polar surface area (TPSA) is 29.5 Å². The highest BCUT2D eigenvalue weighted by atomic mass is 16.5. The highest BCUT2D eigenvalue weighted by molar-refractivity contribution is 5.34. The number of hydrogen-bond donors (Lipinski definition) is 1. The van der Waals surface area contributed by atoms with Gasteiger partial charge < -0.3 is 9.84 Å². The van der Waals surface area contributed by atoms with Crippen molar-refractivity contribution in [3.63, 3.8) is 0 Å². The standard InChI is InChI=1S/C12H16O2/c1-8-3-4-11(5-9(8)2)14-12-6-10(13)7-12/h3-5,10,12-13H,6-7H2,1-2H3. The summed E-state index contributed by atoms with van der Waals surface area (Å²) in [6.45, 7) is 4.17. The van der Waals surface area contributed by atoms with E-state index in [0.29, 0.717) is 0 Å². The van der Waals surface area contributed by atoms with Gasteiger partial charge >= 0.3 is 0 Å². The Labute approximate surface area is 84.5 Å². The van der Waals surface area contributed by atoms with Crippen LogP contribution in [0.4, 0.5) is 0 Å². The van der Waals surface area contributed by atoms with Crippen LogP contribution >= 0.6 is 0 Å². The molecule has 0 saturated heterocycles. The molecule has 0 aliphatic heterocycles. The third-order valence-corrected chi connectivity index (χ3v) is 2.85. The van der Waals surface area contributed by atoms with Gasteiger partial charge in [-0.15, -0.1) is 0 Å². The van der Waals surface area contributed by atoms with E-state index in [0.717, 1.165) is 18.6 Å².